The maximum atomic E-state index is 9.03. The minimum Gasteiger partial charge on any atom is -0.443 e. The lowest BCUT2D eigenvalue weighted by atomic mass is 9.97. The van der Waals surface area contributed by atoms with E-state index in [0.29, 0.717) is 12.3 Å². The normalized spacial score (nSPS) is 13.2. The lowest BCUT2D eigenvalue weighted by Gasteiger charge is -2.11. The maximum Gasteiger partial charge on any atom is 0.245 e. The Morgan fingerprint density at radius 3 is 2.67 bits per heavy atom. The van der Waals surface area contributed by atoms with Gasteiger partial charge in [0.15, 0.2) is 0 Å². The summed E-state index contributed by atoms with van der Waals surface area (Å²) in [4.78, 5) is 8.99. The number of rotatable bonds is 5. The van der Waals surface area contributed by atoms with Crippen molar-refractivity contribution < 1.29 is 9.52 Å². The molecule has 0 spiro atoms. The summed E-state index contributed by atoms with van der Waals surface area (Å²) in [6.45, 7) is 0.191. The summed E-state index contributed by atoms with van der Waals surface area (Å²) in [5.74, 6) is 0.587. The van der Waals surface area contributed by atoms with Crippen LogP contribution in [0.1, 0.15) is 34.4 Å². The van der Waals surface area contributed by atoms with Gasteiger partial charge in [-0.3, -0.25) is 0 Å². The van der Waals surface area contributed by atoms with Gasteiger partial charge in [-0.25, -0.2) is 9.97 Å². The summed E-state index contributed by atoms with van der Waals surface area (Å²) in [6.07, 6.45) is 8.14. The maximum absolute atomic E-state index is 9.03. The second-order valence-electron chi connectivity index (χ2n) is 6.25. The first kappa shape index (κ1) is 15.1. The van der Waals surface area contributed by atoms with Gasteiger partial charge in [0, 0.05) is 12.3 Å². The summed E-state index contributed by atoms with van der Waals surface area (Å²) in [7, 11) is 0. The van der Waals surface area contributed by atoms with Crippen molar-refractivity contribution >= 4 is 0 Å². The van der Waals surface area contributed by atoms with Gasteiger partial charge in [-0.2, -0.15) is 0 Å². The number of aliphatic hydroxyl groups excluding tert-OH is 1. The minimum absolute atomic E-state index is 0.191. The molecule has 0 amide bonds. The monoisotopic (exact) mass is 320 g/mol. The number of aryl methyl sites for hydroxylation is 1. The molecule has 1 aliphatic rings. The van der Waals surface area contributed by atoms with E-state index in [2.05, 4.69) is 35.3 Å². The standard InChI is InChI=1S/C20H20N2O2/c23-10-8-14-4-6-15(7-5-14)12-16-13-19(20-21-9-11-24-20)22-18-3-1-2-17(16)18/h4-7,9,11,13,23H,1-3,8,10,12H2. The summed E-state index contributed by atoms with van der Waals surface area (Å²) in [5, 5.41) is 9.03. The van der Waals surface area contributed by atoms with Gasteiger partial charge in [0.05, 0.1) is 6.20 Å². The Hall–Kier alpha value is -2.46. The van der Waals surface area contributed by atoms with E-state index in [1.165, 1.54) is 34.4 Å². The molecule has 2 aromatic heterocycles. The van der Waals surface area contributed by atoms with E-state index in [1.54, 1.807) is 12.5 Å². The van der Waals surface area contributed by atoms with E-state index in [9.17, 15) is 0 Å². The molecule has 0 saturated heterocycles. The molecule has 1 N–H and O–H groups in total. The fraction of sp³-hybridized carbons (Fsp3) is 0.300. The highest BCUT2D eigenvalue weighted by molar-refractivity contribution is 5.53. The molecule has 0 saturated carbocycles. The lowest BCUT2D eigenvalue weighted by Crippen LogP contribution is -2.00. The summed E-state index contributed by atoms with van der Waals surface area (Å²) < 4.78 is 5.43. The van der Waals surface area contributed by atoms with Crippen LogP contribution in [-0.4, -0.2) is 21.7 Å². The van der Waals surface area contributed by atoms with Crippen LogP contribution in [-0.2, 0) is 25.7 Å². The molecule has 4 rings (SSSR count). The molecule has 3 aromatic rings. The zero-order valence-electron chi connectivity index (χ0n) is 13.5. The molecular weight excluding hydrogens is 300 g/mol. The van der Waals surface area contributed by atoms with Crippen LogP contribution in [0.25, 0.3) is 11.6 Å². The second-order valence-corrected chi connectivity index (χ2v) is 6.25. The first-order valence-electron chi connectivity index (χ1n) is 8.43. The Labute approximate surface area is 141 Å². The van der Waals surface area contributed by atoms with E-state index in [4.69, 9.17) is 14.5 Å². The van der Waals surface area contributed by atoms with Gasteiger partial charge in [-0.15, -0.1) is 0 Å². The average Bonchev–Trinajstić information content (AvgIpc) is 3.28. The van der Waals surface area contributed by atoms with E-state index in [0.717, 1.165) is 25.0 Å². The quantitative estimate of drug-likeness (QED) is 0.783. The average molecular weight is 320 g/mol. The molecule has 0 aliphatic heterocycles. The molecule has 1 aliphatic carbocycles. The van der Waals surface area contributed by atoms with Gasteiger partial charge >= 0.3 is 0 Å². The molecule has 0 radical (unpaired) electrons. The number of hydrogen-bond donors (Lipinski definition) is 1. The van der Waals surface area contributed by atoms with Crippen molar-refractivity contribution in [3.8, 4) is 11.6 Å². The Balaban J connectivity index is 1.67. The smallest absolute Gasteiger partial charge is 0.245 e. The Kier molecular flexibility index (Phi) is 4.13. The van der Waals surface area contributed by atoms with E-state index < -0.39 is 0 Å². The van der Waals surface area contributed by atoms with Crippen molar-refractivity contribution in [1.29, 1.82) is 0 Å². The number of benzene rings is 1. The highest BCUT2D eigenvalue weighted by atomic mass is 16.3. The molecule has 4 nitrogen and oxygen atoms in total. The molecule has 122 valence electrons. The lowest BCUT2D eigenvalue weighted by molar-refractivity contribution is 0.299. The number of aromatic nitrogens is 2. The van der Waals surface area contributed by atoms with Gasteiger partial charge in [0.2, 0.25) is 5.89 Å². The minimum atomic E-state index is 0.191. The zero-order chi connectivity index (χ0) is 16.4. The highest BCUT2D eigenvalue weighted by Crippen LogP contribution is 2.29. The third-order valence-corrected chi connectivity index (χ3v) is 4.61. The largest absolute Gasteiger partial charge is 0.443 e. The predicted octanol–water partition coefficient (Wildman–Crippen LogP) is 3.35. The molecule has 0 bridgehead atoms. The predicted molar refractivity (Wildman–Crippen MR) is 91.8 cm³/mol. The zero-order valence-corrected chi connectivity index (χ0v) is 13.5. The third-order valence-electron chi connectivity index (χ3n) is 4.61. The van der Waals surface area contributed by atoms with Crippen LogP contribution in [0, 0.1) is 0 Å². The Morgan fingerprint density at radius 2 is 1.92 bits per heavy atom. The van der Waals surface area contributed by atoms with Crippen LogP contribution in [0.4, 0.5) is 0 Å². The van der Waals surface area contributed by atoms with Crippen molar-refractivity contribution in [2.24, 2.45) is 0 Å². The van der Waals surface area contributed by atoms with E-state index >= 15 is 0 Å². The molecule has 24 heavy (non-hydrogen) atoms. The number of hydrogen-bond acceptors (Lipinski definition) is 4. The van der Waals surface area contributed by atoms with Gasteiger partial charge in [0.25, 0.3) is 0 Å². The number of pyridine rings is 1. The van der Waals surface area contributed by atoms with Crippen molar-refractivity contribution in [3.05, 3.63) is 70.7 Å². The van der Waals surface area contributed by atoms with Crippen LogP contribution in [0.5, 0.6) is 0 Å². The Morgan fingerprint density at radius 1 is 1.08 bits per heavy atom. The van der Waals surface area contributed by atoms with Gasteiger partial charge in [-0.05, 0) is 60.4 Å². The second kappa shape index (κ2) is 6.57. The number of oxazole rings is 1. The SMILES string of the molecule is OCCc1ccc(Cc2cc(-c3ncco3)nc3c2CCC3)cc1. The molecule has 1 aromatic carbocycles. The van der Waals surface area contributed by atoms with Gasteiger partial charge in [-0.1, -0.05) is 24.3 Å². The number of fused-ring (bicyclic) bond motifs is 1. The summed E-state index contributed by atoms with van der Waals surface area (Å²) in [6, 6.07) is 10.6. The fourth-order valence-electron chi connectivity index (χ4n) is 3.42. The van der Waals surface area contributed by atoms with Crippen LogP contribution in [0.15, 0.2) is 47.2 Å². The van der Waals surface area contributed by atoms with Crippen LogP contribution < -0.4 is 0 Å². The van der Waals surface area contributed by atoms with Crippen LogP contribution >= 0.6 is 0 Å². The highest BCUT2D eigenvalue weighted by Gasteiger charge is 2.19. The van der Waals surface area contributed by atoms with Crippen molar-refractivity contribution in [3.63, 3.8) is 0 Å². The van der Waals surface area contributed by atoms with E-state index in [1.807, 2.05) is 0 Å². The topological polar surface area (TPSA) is 59.2 Å². The van der Waals surface area contributed by atoms with Crippen molar-refractivity contribution in [2.75, 3.05) is 6.61 Å². The molecule has 0 atom stereocenters. The molecule has 0 unspecified atom stereocenters. The number of aliphatic hydroxyl groups is 1. The summed E-state index contributed by atoms with van der Waals surface area (Å²) in [5.41, 5.74) is 7.17. The van der Waals surface area contributed by atoms with Crippen LogP contribution in [0.2, 0.25) is 0 Å². The molecule has 0 fully saturated rings. The molecule has 4 heteroatoms. The van der Waals surface area contributed by atoms with Crippen LogP contribution in [0.3, 0.4) is 0 Å². The van der Waals surface area contributed by atoms with Gasteiger partial charge < -0.3 is 9.52 Å². The van der Waals surface area contributed by atoms with Gasteiger partial charge in [0.1, 0.15) is 12.0 Å². The first-order chi connectivity index (χ1) is 11.8. The van der Waals surface area contributed by atoms with Crippen molar-refractivity contribution in [2.45, 2.75) is 32.1 Å². The molecule has 2 heterocycles. The van der Waals surface area contributed by atoms with E-state index in [-0.39, 0.29) is 6.61 Å². The van der Waals surface area contributed by atoms with Crippen molar-refractivity contribution in [1.82, 2.24) is 9.97 Å². The fourth-order valence-corrected chi connectivity index (χ4v) is 3.42. The summed E-state index contributed by atoms with van der Waals surface area (Å²) >= 11 is 0. The third kappa shape index (κ3) is 2.97. The molecular formula is C20H20N2O2. The first-order valence-corrected chi connectivity index (χ1v) is 8.43. The number of nitrogens with zero attached hydrogens (tertiary/aromatic N) is 2. The Bertz CT molecular complexity index is 824.